The number of ketones is 1. The third-order valence-electron chi connectivity index (χ3n) is 5.44. The Bertz CT molecular complexity index is 868. The Kier molecular flexibility index (Phi) is 7.93. The van der Waals surface area contributed by atoms with Gasteiger partial charge >= 0.3 is 0 Å². The predicted molar refractivity (Wildman–Crippen MR) is 124 cm³/mol. The highest BCUT2D eigenvalue weighted by molar-refractivity contribution is 6.39. The molecule has 0 saturated carbocycles. The number of rotatable bonds is 7. The number of nitrogens with one attached hydrogen (secondary N) is 1. The SMILES string of the molecule is CC(C)Cc1ccc(C(=O)C2CCN(CC(=O)Nc3c(Cl)cccc3Cl)CC2)cc1. The van der Waals surface area contributed by atoms with Gasteiger partial charge in [-0.2, -0.15) is 0 Å². The molecule has 0 spiro atoms. The lowest BCUT2D eigenvalue weighted by molar-refractivity contribution is -0.117. The number of Topliss-reactive ketones (excluding diaryl/α,β-unsaturated/α-hetero) is 1. The van der Waals surface area contributed by atoms with E-state index in [9.17, 15) is 9.59 Å². The van der Waals surface area contributed by atoms with Crippen LogP contribution in [0.2, 0.25) is 10.0 Å². The number of amides is 1. The van der Waals surface area contributed by atoms with Crippen LogP contribution in [0.5, 0.6) is 0 Å². The lowest BCUT2D eigenvalue weighted by atomic mass is 9.88. The maximum atomic E-state index is 12.9. The van der Waals surface area contributed by atoms with Crippen LogP contribution in [-0.2, 0) is 11.2 Å². The summed E-state index contributed by atoms with van der Waals surface area (Å²) in [5.41, 5.74) is 2.49. The predicted octanol–water partition coefficient (Wildman–Crippen LogP) is 5.73. The number of hydrogen-bond donors (Lipinski definition) is 1. The van der Waals surface area contributed by atoms with Gasteiger partial charge in [-0.05, 0) is 56.0 Å². The molecule has 4 nitrogen and oxygen atoms in total. The topological polar surface area (TPSA) is 49.4 Å². The summed E-state index contributed by atoms with van der Waals surface area (Å²) in [6, 6.07) is 13.1. The molecule has 0 atom stereocenters. The van der Waals surface area contributed by atoms with E-state index < -0.39 is 0 Å². The third kappa shape index (κ3) is 6.07. The Hall–Kier alpha value is -1.88. The number of carbonyl (C=O) groups is 2. The van der Waals surface area contributed by atoms with E-state index in [0.29, 0.717) is 34.7 Å². The van der Waals surface area contributed by atoms with E-state index in [0.717, 1.165) is 24.8 Å². The van der Waals surface area contributed by atoms with Crippen LogP contribution in [0.3, 0.4) is 0 Å². The molecule has 0 radical (unpaired) electrons. The molecule has 1 aliphatic heterocycles. The number of nitrogens with zero attached hydrogens (tertiary/aromatic N) is 1. The monoisotopic (exact) mass is 446 g/mol. The number of hydrogen-bond acceptors (Lipinski definition) is 3. The maximum Gasteiger partial charge on any atom is 0.238 e. The number of carbonyl (C=O) groups excluding carboxylic acids is 2. The fourth-order valence-electron chi connectivity index (χ4n) is 3.86. The molecule has 0 unspecified atom stereocenters. The first-order valence-electron chi connectivity index (χ1n) is 10.4. The van der Waals surface area contributed by atoms with E-state index >= 15 is 0 Å². The molecule has 30 heavy (non-hydrogen) atoms. The van der Waals surface area contributed by atoms with Crippen molar-refractivity contribution in [2.45, 2.75) is 33.1 Å². The number of anilines is 1. The molecule has 0 bridgehead atoms. The summed E-state index contributed by atoms with van der Waals surface area (Å²) >= 11 is 12.2. The zero-order valence-electron chi connectivity index (χ0n) is 17.5. The number of benzene rings is 2. The van der Waals surface area contributed by atoms with Crippen molar-refractivity contribution in [3.8, 4) is 0 Å². The second-order valence-corrected chi connectivity index (χ2v) is 9.17. The maximum absolute atomic E-state index is 12.9. The average molecular weight is 447 g/mol. The van der Waals surface area contributed by atoms with Crippen LogP contribution in [0.25, 0.3) is 0 Å². The number of halogens is 2. The quantitative estimate of drug-likeness (QED) is 0.552. The Labute approximate surface area is 188 Å². The Morgan fingerprint density at radius 3 is 2.20 bits per heavy atom. The third-order valence-corrected chi connectivity index (χ3v) is 6.07. The number of piperidine rings is 1. The fraction of sp³-hybridized carbons (Fsp3) is 0.417. The van der Waals surface area contributed by atoms with Crippen LogP contribution in [-0.4, -0.2) is 36.2 Å². The molecule has 3 rings (SSSR count). The highest BCUT2D eigenvalue weighted by Crippen LogP contribution is 2.30. The first-order chi connectivity index (χ1) is 14.3. The smallest absolute Gasteiger partial charge is 0.238 e. The van der Waals surface area contributed by atoms with Gasteiger partial charge in [0.2, 0.25) is 5.91 Å². The molecule has 1 fully saturated rings. The molecule has 1 saturated heterocycles. The molecule has 2 aromatic carbocycles. The van der Waals surface area contributed by atoms with Crippen LogP contribution >= 0.6 is 23.2 Å². The molecule has 6 heteroatoms. The van der Waals surface area contributed by atoms with Crippen molar-refractivity contribution in [1.29, 1.82) is 0 Å². The minimum atomic E-state index is -0.157. The van der Waals surface area contributed by atoms with Gasteiger partial charge in [0.05, 0.1) is 22.3 Å². The molecule has 1 amide bonds. The average Bonchev–Trinajstić information content (AvgIpc) is 2.71. The number of likely N-dealkylation sites (tertiary alicyclic amines) is 1. The molecule has 0 aliphatic carbocycles. The van der Waals surface area contributed by atoms with Gasteiger partial charge < -0.3 is 5.32 Å². The molecule has 1 heterocycles. The van der Waals surface area contributed by atoms with E-state index in [4.69, 9.17) is 23.2 Å². The summed E-state index contributed by atoms with van der Waals surface area (Å²) in [6.07, 6.45) is 2.54. The molecular formula is C24H28Cl2N2O2. The minimum absolute atomic E-state index is 0.0123. The van der Waals surface area contributed by atoms with Gasteiger partial charge in [0, 0.05) is 11.5 Å². The van der Waals surface area contributed by atoms with E-state index in [1.165, 1.54) is 5.56 Å². The van der Waals surface area contributed by atoms with Gasteiger partial charge in [-0.3, -0.25) is 14.5 Å². The minimum Gasteiger partial charge on any atom is -0.322 e. The molecular weight excluding hydrogens is 419 g/mol. The standard InChI is InChI=1S/C24H28Cl2N2O2/c1-16(2)14-17-6-8-18(9-7-17)24(30)19-10-12-28(13-11-19)15-22(29)27-23-20(25)4-3-5-21(23)26/h3-9,16,19H,10-15H2,1-2H3,(H,27,29). The lowest BCUT2D eigenvalue weighted by Gasteiger charge is -2.30. The Balaban J connectivity index is 1.49. The van der Waals surface area contributed by atoms with Crippen molar-refractivity contribution < 1.29 is 9.59 Å². The number of para-hydroxylation sites is 1. The van der Waals surface area contributed by atoms with Crippen molar-refractivity contribution in [3.63, 3.8) is 0 Å². The van der Waals surface area contributed by atoms with Crippen LogP contribution in [0.15, 0.2) is 42.5 Å². The van der Waals surface area contributed by atoms with Crippen molar-refractivity contribution in [3.05, 3.63) is 63.6 Å². The van der Waals surface area contributed by atoms with Gasteiger partial charge in [-0.1, -0.05) is 67.4 Å². The molecule has 160 valence electrons. The van der Waals surface area contributed by atoms with Crippen molar-refractivity contribution in [2.75, 3.05) is 25.0 Å². The van der Waals surface area contributed by atoms with Crippen molar-refractivity contribution in [1.82, 2.24) is 4.90 Å². The second-order valence-electron chi connectivity index (χ2n) is 8.35. The molecule has 1 aliphatic rings. The lowest BCUT2D eigenvalue weighted by Crippen LogP contribution is -2.40. The summed E-state index contributed by atoms with van der Waals surface area (Å²) < 4.78 is 0. The molecule has 0 aromatic heterocycles. The molecule has 2 aromatic rings. The van der Waals surface area contributed by atoms with E-state index in [-0.39, 0.29) is 24.2 Å². The fourth-order valence-corrected chi connectivity index (χ4v) is 4.36. The van der Waals surface area contributed by atoms with E-state index in [1.807, 2.05) is 12.1 Å². The van der Waals surface area contributed by atoms with Gasteiger partial charge in [-0.15, -0.1) is 0 Å². The summed E-state index contributed by atoms with van der Waals surface area (Å²) in [5, 5.41) is 3.63. The first kappa shape index (κ1) is 22.8. The summed E-state index contributed by atoms with van der Waals surface area (Å²) in [5.74, 6) is 0.661. The van der Waals surface area contributed by atoms with E-state index in [1.54, 1.807) is 18.2 Å². The highest BCUT2D eigenvalue weighted by Gasteiger charge is 2.27. The summed E-state index contributed by atoms with van der Waals surface area (Å²) in [7, 11) is 0. The highest BCUT2D eigenvalue weighted by atomic mass is 35.5. The first-order valence-corrected chi connectivity index (χ1v) is 11.2. The van der Waals surface area contributed by atoms with Gasteiger partial charge in [0.1, 0.15) is 0 Å². The molecule has 1 N–H and O–H groups in total. The van der Waals surface area contributed by atoms with Crippen LogP contribution in [0, 0.1) is 11.8 Å². The normalized spacial score (nSPS) is 15.4. The summed E-state index contributed by atoms with van der Waals surface area (Å²) in [4.78, 5) is 27.3. The van der Waals surface area contributed by atoms with Gasteiger partial charge in [-0.25, -0.2) is 0 Å². The van der Waals surface area contributed by atoms with Crippen LogP contribution in [0.1, 0.15) is 42.6 Å². The van der Waals surface area contributed by atoms with E-state index in [2.05, 4.69) is 36.2 Å². The van der Waals surface area contributed by atoms with Crippen LogP contribution in [0.4, 0.5) is 5.69 Å². The second kappa shape index (κ2) is 10.4. The zero-order chi connectivity index (χ0) is 21.7. The Morgan fingerprint density at radius 1 is 1.03 bits per heavy atom. The van der Waals surface area contributed by atoms with Crippen LogP contribution < -0.4 is 5.32 Å². The van der Waals surface area contributed by atoms with Gasteiger partial charge in [0.15, 0.2) is 5.78 Å². The zero-order valence-corrected chi connectivity index (χ0v) is 19.0. The largest absolute Gasteiger partial charge is 0.322 e. The summed E-state index contributed by atoms with van der Waals surface area (Å²) in [6.45, 7) is 6.07. The van der Waals surface area contributed by atoms with Crippen molar-refractivity contribution in [2.24, 2.45) is 11.8 Å². The Morgan fingerprint density at radius 2 is 1.63 bits per heavy atom. The van der Waals surface area contributed by atoms with Crippen molar-refractivity contribution >= 4 is 40.6 Å². The van der Waals surface area contributed by atoms with Gasteiger partial charge in [0.25, 0.3) is 0 Å².